The second-order valence-corrected chi connectivity index (χ2v) is 6.04. The maximum absolute atomic E-state index is 12.2. The molecule has 1 fully saturated rings. The maximum atomic E-state index is 12.2. The Bertz CT molecular complexity index is 307. The van der Waals surface area contributed by atoms with E-state index in [1.165, 1.54) is 12.8 Å². The largest absolute Gasteiger partial charge is 0.355 e. The third-order valence-corrected chi connectivity index (χ3v) is 3.89. The monoisotopic (exact) mass is 268 g/mol. The van der Waals surface area contributed by atoms with Crippen molar-refractivity contribution in [3.05, 3.63) is 0 Å². The first kappa shape index (κ1) is 16.0. The van der Waals surface area contributed by atoms with Crippen LogP contribution in [0, 0.1) is 5.41 Å². The molecule has 2 amide bonds. The summed E-state index contributed by atoms with van der Waals surface area (Å²) in [4.78, 5) is 24.3. The van der Waals surface area contributed by atoms with Crippen LogP contribution in [-0.4, -0.2) is 24.4 Å². The van der Waals surface area contributed by atoms with E-state index in [2.05, 4.69) is 17.6 Å². The summed E-state index contributed by atoms with van der Waals surface area (Å²) in [6.07, 6.45) is 7.64. The molecule has 0 aromatic carbocycles. The number of amides is 2. The van der Waals surface area contributed by atoms with E-state index in [9.17, 15) is 9.59 Å². The lowest BCUT2D eigenvalue weighted by Crippen LogP contribution is -2.50. The van der Waals surface area contributed by atoms with Gasteiger partial charge in [-0.15, -0.1) is 0 Å². The standard InChI is InChI=1S/C15H28N2O2/c1-4-5-8-11-16-13(18)15(2,3)14(19)17-12-9-6-7-10-12/h12H,4-11H2,1-3H3,(H,16,18)(H,17,19). The second-order valence-electron chi connectivity index (χ2n) is 6.04. The van der Waals surface area contributed by atoms with Crippen molar-refractivity contribution in [2.45, 2.75) is 71.8 Å². The van der Waals surface area contributed by atoms with Crippen molar-refractivity contribution in [2.24, 2.45) is 5.41 Å². The van der Waals surface area contributed by atoms with Gasteiger partial charge in [0.15, 0.2) is 0 Å². The van der Waals surface area contributed by atoms with Crippen LogP contribution in [-0.2, 0) is 9.59 Å². The minimum absolute atomic E-state index is 0.146. The van der Waals surface area contributed by atoms with Gasteiger partial charge in [0.1, 0.15) is 5.41 Å². The summed E-state index contributed by atoms with van der Waals surface area (Å²) >= 11 is 0. The number of hydrogen-bond acceptors (Lipinski definition) is 2. The Labute approximate surface area is 116 Å². The molecule has 110 valence electrons. The van der Waals surface area contributed by atoms with Crippen LogP contribution in [0.1, 0.15) is 65.7 Å². The van der Waals surface area contributed by atoms with Gasteiger partial charge in [-0.3, -0.25) is 9.59 Å². The van der Waals surface area contributed by atoms with Gasteiger partial charge in [-0.1, -0.05) is 32.6 Å². The molecule has 0 radical (unpaired) electrons. The molecule has 0 spiro atoms. The highest BCUT2D eigenvalue weighted by Crippen LogP contribution is 2.21. The minimum atomic E-state index is -0.977. The number of hydrogen-bond donors (Lipinski definition) is 2. The van der Waals surface area contributed by atoms with E-state index < -0.39 is 5.41 Å². The fraction of sp³-hybridized carbons (Fsp3) is 0.867. The van der Waals surface area contributed by atoms with E-state index in [0.29, 0.717) is 6.54 Å². The third kappa shape index (κ3) is 4.84. The lowest BCUT2D eigenvalue weighted by atomic mass is 9.90. The van der Waals surface area contributed by atoms with E-state index in [0.717, 1.165) is 32.1 Å². The molecule has 1 saturated carbocycles. The number of carbonyl (C=O) groups excluding carboxylic acids is 2. The maximum Gasteiger partial charge on any atom is 0.235 e. The van der Waals surface area contributed by atoms with Gasteiger partial charge < -0.3 is 10.6 Å². The van der Waals surface area contributed by atoms with E-state index >= 15 is 0 Å². The Balaban J connectivity index is 2.38. The highest BCUT2D eigenvalue weighted by atomic mass is 16.2. The quantitative estimate of drug-likeness (QED) is 0.550. The Morgan fingerprint density at radius 3 is 2.32 bits per heavy atom. The van der Waals surface area contributed by atoms with Crippen molar-refractivity contribution in [3.8, 4) is 0 Å². The number of rotatable bonds is 7. The number of carbonyl (C=O) groups is 2. The minimum Gasteiger partial charge on any atom is -0.355 e. The molecule has 4 heteroatoms. The van der Waals surface area contributed by atoms with Gasteiger partial charge in [-0.25, -0.2) is 0 Å². The van der Waals surface area contributed by atoms with Crippen molar-refractivity contribution in [1.82, 2.24) is 10.6 Å². The highest BCUT2D eigenvalue weighted by molar-refractivity contribution is 6.04. The van der Waals surface area contributed by atoms with Crippen molar-refractivity contribution < 1.29 is 9.59 Å². The Morgan fingerprint density at radius 1 is 1.11 bits per heavy atom. The van der Waals surface area contributed by atoms with Crippen molar-refractivity contribution in [1.29, 1.82) is 0 Å². The molecular formula is C15H28N2O2. The first-order chi connectivity index (χ1) is 8.98. The van der Waals surface area contributed by atoms with Gasteiger partial charge in [0, 0.05) is 12.6 Å². The molecule has 0 bridgehead atoms. The first-order valence-corrected chi connectivity index (χ1v) is 7.57. The molecule has 4 nitrogen and oxygen atoms in total. The van der Waals surface area contributed by atoms with Crippen molar-refractivity contribution in [3.63, 3.8) is 0 Å². The molecule has 0 atom stereocenters. The number of unbranched alkanes of at least 4 members (excludes halogenated alkanes) is 2. The highest BCUT2D eigenvalue weighted by Gasteiger charge is 2.37. The summed E-state index contributed by atoms with van der Waals surface area (Å²) in [6.45, 7) is 6.19. The van der Waals surface area contributed by atoms with Crippen LogP contribution in [0.4, 0.5) is 0 Å². The summed E-state index contributed by atoms with van der Waals surface area (Å²) in [5, 5.41) is 5.87. The van der Waals surface area contributed by atoms with E-state index in [1.54, 1.807) is 13.8 Å². The second kappa shape index (κ2) is 7.51. The van der Waals surface area contributed by atoms with Crippen LogP contribution >= 0.6 is 0 Å². The molecule has 0 heterocycles. The molecule has 1 aliphatic carbocycles. The fourth-order valence-electron chi connectivity index (χ4n) is 2.34. The molecule has 19 heavy (non-hydrogen) atoms. The van der Waals surface area contributed by atoms with E-state index in [1.807, 2.05) is 0 Å². The zero-order chi connectivity index (χ0) is 14.3. The zero-order valence-corrected chi connectivity index (χ0v) is 12.6. The van der Waals surface area contributed by atoms with Gasteiger partial charge >= 0.3 is 0 Å². The molecule has 0 saturated heterocycles. The van der Waals surface area contributed by atoms with Gasteiger partial charge in [0.25, 0.3) is 0 Å². The molecular weight excluding hydrogens is 240 g/mol. The molecule has 0 unspecified atom stereocenters. The fourth-order valence-corrected chi connectivity index (χ4v) is 2.34. The van der Waals surface area contributed by atoms with Gasteiger partial charge in [0.05, 0.1) is 0 Å². The molecule has 1 rings (SSSR count). The predicted molar refractivity (Wildman–Crippen MR) is 76.7 cm³/mol. The Hall–Kier alpha value is -1.06. The molecule has 0 aromatic heterocycles. The Kier molecular flexibility index (Phi) is 6.32. The van der Waals surface area contributed by atoms with Crippen LogP contribution in [0.15, 0.2) is 0 Å². The lowest BCUT2D eigenvalue weighted by Gasteiger charge is -2.25. The van der Waals surface area contributed by atoms with E-state index in [-0.39, 0.29) is 17.9 Å². The molecule has 2 N–H and O–H groups in total. The third-order valence-electron chi connectivity index (χ3n) is 3.89. The van der Waals surface area contributed by atoms with Crippen LogP contribution in [0.25, 0.3) is 0 Å². The smallest absolute Gasteiger partial charge is 0.235 e. The summed E-state index contributed by atoms with van der Waals surface area (Å²) in [6, 6.07) is 0.264. The predicted octanol–water partition coefficient (Wildman–Crippen LogP) is 2.38. The normalized spacial score (nSPS) is 16.4. The van der Waals surface area contributed by atoms with Crippen molar-refractivity contribution >= 4 is 11.8 Å². The van der Waals surface area contributed by atoms with Gasteiger partial charge in [-0.2, -0.15) is 0 Å². The Morgan fingerprint density at radius 2 is 1.74 bits per heavy atom. The topological polar surface area (TPSA) is 58.2 Å². The van der Waals surface area contributed by atoms with Crippen molar-refractivity contribution in [2.75, 3.05) is 6.54 Å². The molecule has 0 aromatic rings. The first-order valence-electron chi connectivity index (χ1n) is 7.57. The van der Waals surface area contributed by atoms with Crippen LogP contribution in [0.3, 0.4) is 0 Å². The van der Waals surface area contributed by atoms with Crippen LogP contribution in [0.5, 0.6) is 0 Å². The molecule has 0 aliphatic heterocycles. The summed E-state index contributed by atoms with van der Waals surface area (Å²) in [5.41, 5.74) is -0.977. The lowest BCUT2D eigenvalue weighted by molar-refractivity contribution is -0.141. The van der Waals surface area contributed by atoms with Crippen LogP contribution < -0.4 is 10.6 Å². The average Bonchev–Trinajstić information content (AvgIpc) is 2.87. The summed E-state index contributed by atoms with van der Waals surface area (Å²) in [5.74, 6) is -0.313. The van der Waals surface area contributed by atoms with Gasteiger partial charge in [-0.05, 0) is 33.1 Å². The molecule has 1 aliphatic rings. The average molecular weight is 268 g/mol. The number of nitrogens with one attached hydrogen (secondary N) is 2. The van der Waals surface area contributed by atoms with Crippen LogP contribution in [0.2, 0.25) is 0 Å². The van der Waals surface area contributed by atoms with Gasteiger partial charge in [0.2, 0.25) is 11.8 Å². The summed E-state index contributed by atoms with van der Waals surface area (Å²) in [7, 11) is 0. The van der Waals surface area contributed by atoms with E-state index in [4.69, 9.17) is 0 Å². The SMILES string of the molecule is CCCCCNC(=O)C(C)(C)C(=O)NC1CCCC1. The zero-order valence-electron chi connectivity index (χ0n) is 12.6. The summed E-state index contributed by atoms with van der Waals surface area (Å²) < 4.78 is 0.